The van der Waals surface area contributed by atoms with E-state index in [0.717, 1.165) is 23.5 Å². The molecule has 0 heterocycles. The molecular weight excluding hydrogens is 438 g/mol. The highest BCUT2D eigenvalue weighted by Gasteiger charge is 2.21. The smallest absolute Gasteiger partial charge is 0.217 e. The highest BCUT2D eigenvalue weighted by Crippen LogP contribution is 2.34. The highest BCUT2D eigenvalue weighted by atomic mass is 35.5. The molecule has 1 unspecified atom stereocenters. The van der Waals surface area contributed by atoms with Crippen molar-refractivity contribution in [3.05, 3.63) is 82.9 Å². The molecule has 172 valence electrons. The van der Waals surface area contributed by atoms with Crippen molar-refractivity contribution in [1.82, 2.24) is 5.32 Å². The summed E-state index contributed by atoms with van der Waals surface area (Å²) in [6, 6.07) is 20.9. The number of benzene rings is 3. The molecule has 1 N–H and O–H groups in total. The average Bonchev–Trinajstić information content (AvgIpc) is 3.62. The number of carbonyl (C=O) groups excluding carboxylic acids is 1. The van der Waals surface area contributed by atoms with Gasteiger partial charge in [0.2, 0.25) is 5.91 Å². The highest BCUT2D eigenvalue weighted by molar-refractivity contribution is 6.32. The van der Waals surface area contributed by atoms with Gasteiger partial charge in [-0.25, -0.2) is 0 Å². The Morgan fingerprint density at radius 2 is 1.73 bits per heavy atom. The molecule has 1 saturated carbocycles. The molecule has 1 fully saturated rings. The van der Waals surface area contributed by atoms with Crippen molar-refractivity contribution in [2.45, 2.75) is 39.3 Å². The zero-order valence-electron chi connectivity index (χ0n) is 18.8. The Balaban J connectivity index is 1.32. The van der Waals surface area contributed by atoms with Gasteiger partial charge in [0, 0.05) is 19.1 Å². The predicted octanol–water partition coefficient (Wildman–Crippen LogP) is 6.70. The van der Waals surface area contributed by atoms with Crippen LogP contribution in [0.1, 0.15) is 43.9 Å². The molecule has 4 rings (SSSR count). The molecule has 3 aromatic carbocycles. The normalized spacial score (nSPS) is 13.8. The summed E-state index contributed by atoms with van der Waals surface area (Å²) in [6.07, 6.45) is 2.51. The second-order valence-corrected chi connectivity index (χ2v) is 8.78. The summed E-state index contributed by atoms with van der Waals surface area (Å²) < 4.78 is 17.7. The van der Waals surface area contributed by atoms with Gasteiger partial charge in [-0.2, -0.15) is 0 Å². The topological polar surface area (TPSA) is 56.8 Å². The van der Waals surface area contributed by atoms with Crippen LogP contribution in [0.4, 0.5) is 0 Å². The average molecular weight is 466 g/mol. The zero-order chi connectivity index (χ0) is 23.2. The van der Waals surface area contributed by atoms with Crippen LogP contribution in [-0.2, 0) is 11.4 Å². The van der Waals surface area contributed by atoms with Crippen molar-refractivity contribution in [3.8, 4) is 23.0 Å². The van der Waals surface area contributed by atoms with Gasteiger partial charge in [-0.05, 0) is 61.1 Å². The number of ether oxygens (including phenoxy) is 3. The van der Waals surface area contributed by atoms with Crippen LogP contribution in [0.25, 0.3) is 0 Å². The van der Waals surface area contributed by atoms with E-state index in [1.165, 1.54) is 19.8 Å². The number of halogens is 1. The molecule has 0 aromatic heterocycles. The molecule has 33 heavy (non-hydrogen) atoms. The first kappa shape index (κ1) is 23.0. The van der Waals surface area contributed by atoms with E-state index in [2.05, 4.69) is 5.32 Å². The van der Waals surface area contributed by atoms with Crippen LogP contribution in [0.15, 0.2) is 66.7 Å². The quantitative estimate of drug-likeness (QED) is 0.362. The lowest BCUT2D eigenvalue weighted by Crippen LogP contribution is -2.23. The SMILES string of the molecule is CC(=O)NC(C)c1ccc(COc2ccc(Oc3cccc(OCC4CC4)c3)cc2Cl)cc1. The van der Waals surface area contributed by atoms with Crippen LogP contribution in [0, 0.1) is 5.92 Å². The van der Waals surface area contributed by atoms with Gasteiger partial charge in [0.1, 0.15) is 29.6 Å². The lowest BCUT2D eigenvalue weighted by Gasteiger charge is -2.14. The number of rotatable bonds is 10. The van der Waals surface area contributed by atoms with Crippen molar-refractivity contribution in [2.75, 3.05) is 6.61 Å². The van der Waals surface area contributed by atoms with Gasteiger partial charge in [0.25, 0.3) is 0 Å². The van der Waals surface area contributed by atoms with Crippen molar-refractivity contribution < 1.29 is 19.0 Å². The van der Waals surface area contributed by atoms with E-state index in [4.69, 9.17) is 25.8 Å². The van der Waals surface area contributed by atoms with Crippen molar-refractivity contribution in [3.63, 3.8) is 0 Å². The second kappa shape index (κ2) is 10.6. The Labute approximate surface area is 199 Å². The molecule has 3 aromatic rings. The summed E-state index contributed by atoms with van der Waals surface area (Å²) in [5.74, 6) is 3.37. The molecule has 1 aliphatic rings. The summed E-state index contributed by atoms with van der Waals surface area (Å²) in [7, 11) is 0. The molecule has 0 bridgehead atoms. The van der Waals surface area contributed by atoms with E-state index >= 15 is 0 Å². The molecule has 0 aliphatic heterocycles. The van der Waals surface area contributed by atoms with Gasteiger partial charge < -0.3 is 19.5 Å². The minimum absolute atomic E-state index is 0.0371. The lowest BCUT2D eigenvalue weighted by atomic mass is 10.1. The molecule has 0 saturated heterocycles. The maximum atomic E-state index is 11.2. The maximum absolute atomic E-state index is 11.2. The van der Waals surface area contributed by atoms with Crippen LogP contribution in [0.2, 0.25) is 5.02 Å². The van der Waals surface area contributed by atoms with Gasteiger partial charge in [-0.3, -0.25) is 4.79 Å². The first-order chi connectivity index (χ1) is 16.0. The molecule has 1 aliphatic carbocycles. The molecule has 0 radical (unpaired) electrons. The van der Waals surface area contributed by atoms with Crippen molar-refractivity contribution >= 4 is 17.5 Å². The van der Waals surface area contributed by atoms with Gasteiger partial charge in [-0.15, -0.1) is 0 Å². The van der Waals surface area contributed by atoms with E-state index in [0.29, 0.717) is 34.8 Å². The van der Waals surface area contributed by atoms with Crippen LogP contribution in [0.3, 0.4) is 0 Å². The Bertz CT molecular complexity index is 1100. The fourth-order valence-electron chi connectivity index (χ4n) is 3.38. The van der Waals surface area contributed by atoms with Crippen LogP contribution >= 0.6 is 11.6 Å². The van der Waals surface area contributed by atoms with Gasteiger partial charge in [0.05, 0.1) is 17.7 Å². The Hall–Kier alpha value is -3.18. The molecular formula is C27H28ClNO4. The van der Waals surface area contributed by atoms with Crippen LogP contribution < -0.4 is 19.5 Å². The Kier molecular flexibility index (Phi) is 7.40. The fourth-order valence-corrected chi connectivity index (χ4v) is 3.60. The number of hydrogen-bond acceptors (Lipinski definition) is 4. The molecule has 6 heteroatoms. The minimum Gasteiger partial charge on any atom is -0.493 e. The minimum atomic E-state index is -0.0495. The van der Waals surface area contributed by atoms with E-state index < -0.39 is 0 Å². The third-order valence-corrected chi connectivity index (χ3v) is 5.72. The first-order valence-corrected chi connectivity index (χ1v) is 11.5. The number of nitrogens with one attached hydrogen (secondary N) is 1. The number of amides is 1. The third-order valence-electron chi connectivity index (χ3n) is 5.42. The first-order valence-electron chi connectivity index (χ1n) is 11.2. The van der Waals surface area contributed by atoms with Gasteiger partial charge in [-0.1, -0.05) is 41.9 Å². The summed E-state index contributed by atoms with van der Waals surface area (Å²) >= 11 is 6.43. The number of hydrogen-bond donors (Lipinski definition) is 1. The van der Waals surface area contributed by atoms with Gasteiger partial charge in [0.15, 0.2) is 0 Å². The second-order valence-electron chi connectivity index (χ2n) is 8.38. The molecule has 0 spiro atoms. The Morgan fingerprint density at radius 3 is 2.42 bits per heavy atom. The van der Waals surface area contributed by atoms with Gasteiger partial charge >= 0.3 is 0 Å². The van der Waals surface area contributed by atoms with Crippen molar-refractivity contribution in [2.24, 2.45) is 5.92 Å². The maximum Gasteiger partial charge on any atom is 0.217 e. The summed E-state index contributed by atoms with van der Waals surface area (Å²) in [5.41, 5.74) is 2.05. The number of carbonyl (C=O) groups is 1. The largest absolute Gasteiger partial charge is 0.493 e. The summed E-state index contributed by atoms with van der Waals surface area (Å²) in [6.45, 7) is 4.61. The third kappa shape index (κ3) is 6.90. The monoisotopic (exact) mass is 465 g/mol. The molecule has 1 atom stereocenters. The lowest BCUT2D eigenvalue weighted by molar-refractivity contribution is -0.119. The fraction of sp³-hybridized carbons (Fsp3) is 0.296. The molecule has 1 amide bonds. The molecule has 5 nitrogen and oxygen atoms in total. The van der Waals surface area contributed by atoms with E-state index in [1.807, 2.05) is 61.5 Å². The summed E-state index contributed by atoms with van der Waals surface area (Å²) in [5, 5.41) is 3.35. The summed E-state index contributed by atoms with van der Waals surface area (Å²) in [4.78, 5) is 11.2. The van der Waals surface area contributed by atoms with E-state index in [9.17, 15) is 4.79 Å². The van der Waals surface area contributed by atoms with Crippen LogP contribution in [0.5, 0.6) is 23.0 Å². The predicted molar refractivity (Wildman–Crippen MR) is 129 cm³/mol. The Morgan fingerprint density at radius 1 is 1.00 bits per heavy atom. The van der Waals surface area contributed by atoms with E-state index in [-0.39, 0.29) is 11.9 Å². The zero-order valence-corrected chi connectivity index (χ0v) is 19.6. The van der Waals surface area contributed by atoms with Crippen molar-refractivity contribution in [1.29, 1.82) is 0 Å². The van der Waals surface area contributed by atoms with E-state index in [1.54, 1.807) is 12.1 Å². The van der Waals surface area contributed by atoms with Crippen LogP contribution in [-0.4, -0.2) is 12.5 Å². The standard InChI is InChI=1S/C27H28ClNO4/c1-18(29-19(2)30)22-10-8-21(9-11-22)17-32-27-13-12-25(15-26(27)28)33-24-5-3-4-23(14-24)31-16-20-6-7-20/h3-5,8-15,18,20H,6-7,16-17H2,1-2H3,(H,29,30).